The van der Waals surface area contributed by atoms with E-state index in [1.807, 2.05) is 12.1 Å². The van der Waals surface area contributed by atoms with E-state index in [4.69, 9.17) is 5.73 Å². The molecule has 2 unspecified atom stereocenters. The lowest BCUT2D eigenvalue weighted by molar-refractivity contribution is 0.609. The number of hydrogen-bond donors (Lipinski definition) is 1. The van der Waals surface area contributed by atoms with E-state index in [9.17, 15) is 4.39 Å². The smallest absolute Gasteiger partial charge is 0.126 e. The Bertz CT molecular complexity index is 277. The highest BCUT2D eigenvalue weighted by Gasteiger charge is 2.36. The fourth-order valence-corrected chi connectivity index (χ4v) is 1.35. The summed E-state index contributed by atoms with van der Waals surface area (Å²) < 4.78 is 13.0. The molecule has 0 radical (unpaired) electrons. The number of hydrogen-bond acceptors (Lipinski definition) is 1. The topological polar surface area (TPSA) is 26.0 Å². The van der Waals surface area contributed by atoms with Gasteiger partial charge in [0.2, 0.25) is 0 Å². The normalized spacial score (nSPS) is 26.2. The molecule has 0 amide bonds. The highest BCUT2D eigenvalue weighted by molar-refractivity contribution is 5.85. The van der Waals surface area contributed by atoms with Crippen molar-refractivity contribution in [3.8, 4) is 0 Å². The SMILES string of the molecule is Cl.NC1CC1c1ccccc1F. The Morgan fingerprint density at radius 1 is 1.33 bits per heavy atom. The second kappa shape index (κ2) is 3.42. The van der Waals surface area contributed by atoms with E-state index in [1.54, 1.807) is 6.07 Å². The van der Waals surface area contributed by atoms with Crippen molar-refractivity contribution in [3.63, 3.8) is 0 Å². The summed E-state index contributed by atoms with van der Waals surface area (Å²) in [7, 11) is 0. The van der Waals surface area contributed by atoms with Gasteiger partial charge in [-0.2, -0.15) is 0 Å². The largest absolute Gasteiger partial charge is 0.327 e. The first-order chi connectivity index (χ1) is 5.29. The van der Waals surface area contributed by atoms with Gasteiger partial charge in [-0.15, -0.1) is 12.4 Å². The van der Waals surface area contributed by atoms with Gasteiger partial charge < -0.3 is 5.73 Å². The lowest BCUT2D eigenvalue weighted by Gasteiger charge is -1.98. The second-order valence-electron chi connectivity index (χ2n) is 3.03. The third kappa shape index (κ3) is 1.59. The Labute approximate surface area is 77.2 Å². The first-order valence-electron chi connectivity index (χ1n) is 3.79. The van der Waals surface area contributed by atoms with E-state index in [1.165, 1.54) is 6.07 Å². The first-order valence-corrected chi connectivity index (χ1v) is 3.79. The van der Waals surface area contributed by atoms with Crippen LogP contribution >= 0.6 is 12.4 Å². The summed E-state index contributed by atoms with van der Waals surface area (Å²) in [6.07, 6.45) is 0.931. The minimum atomic E-state index is -0.120. The maximum Gasteiger partial charge on any atom is 0.126 e. The molecule has 0 aromatic heterocycles. The van der Waals surface area contributed by atoms with Gasteiger partial charge in [-0.1, -0.05) is 18.2 Å². The molecule has 12 heavy (non-hydrogen) atoms. The molecule has 2 rings (SSSR count). The van der Waals surface area contributed by atoms with Gasteiger partial charge >= 0.3 is 0 Å². The minimum absolute atomic E-state index is 0. The fourth-order valence-electron chi connectivity index (χ4n) is 1.35. The summed E-state index contributed by atoms with van der Waals surface area (Å²) in [5.41, 5.74) is 6.38. The molecule has 1 aromatic rings. The van der Waals surface area contributed by atoms with Crippen LogP contribution in [0.15, 0.2) is 24.3 Å². The predicted octanol–water partition coefficient (Wildman–Crippen LogP) is 2.06. The van der Waals surface area contributed by atoms with Crippen molar-refractivity contribution in [2.75, 3.05) is 0 Å². The molecule has 0 saturated heterocycles. The molecule has 1 aliphatic rings. The molecule has 0 bridgehead atoms. The molecule has 2 N–H and O–H groups in total. The van der Waals surface area contributed by atoms with Crippen molar-refractivity contribution >= 4 is 12.4 Å². The summed E-state index contributed by atoms with van der Waals surface area (Å²) in [6.45, 7) is 0. The summed E-state index contributed by atoms with van der Waals surface area (Å²) >= 11 is 0. The van der Waals surface area contributed by atoms with Crippen molar-refractivity contribution < 1.29 is 4.39 Å². The van der Waals surface area contributed by atoms with Crippen LogP contribution in [0.4, 0.5) is 4.39 Å². The Morgan fingerprint density at radius 2 is 1.92 bits per heavy atom. The molecule has 3 heteroatoms. The van der Waals surface area contributed by atoms with Gasteiger partial charge in [-0.25, -0.2) is 4.39 Å². The number of halogens is 2. The zero-order valence-electron chi connectivity index (χ0n) is 6.53. The van der Waals surface area contributed by atoms with E-state index >= 15 is 0 Å². The van der Waals surface area contributed by atoms with E-state index in [0.717, 1.165) is 12.0 Å². The summed E-state index contributed by atoms with van der Waals surface area (Å²) in [5, 5.41) is 0. The van der Waals surface area contributed by atoms with Crippen molar-refractivity contribution in [2.45, 2.75) is 18.4 Å². The fraction of sp³-hybridized carbons (Fsp3) is 0.333. The van der Waals surface area contributed by atoms with Crippen LogP contribution in [0, 0.1) is 5.82 Å². The number of nitrogens with two attached hydrogens (primary N) is 1. The standard InChI is InChI=1S/C9H10FN.ClH/c10-8-4-2-1-3-6(8)7-5-9(7)11;/h1-4,7,9H,5,11H2;1H. The molecule has 66 valence electrons. The Balaban J connectivity index is 0.000000720. The van der Waals surface area contributed by atoms with Crippen molar-refractivity contribution in [3.05, 3.63) is 35.6 Å². The van der Waals surface area contributed by atoms with Crippen LogP contribution in [-0.4, -0.2) is 6.04 Å². The highest BCUT2D eigenvalue weighted by atomic mass is 35.5. The molecule has 1 aromatic carbocycles. The van der Waals surface area contributed by atoms with Crippen LogP contribution in [0.2, 0.25) is 0 Å². The molecule has 1 fully saturated rings. The third-order valence-electron chi connectivity index (χ3n) is 2.14. The molecule has 1 nitrogen and oxygen atoms in total. The average molecular weight is 188 g/mol. The van der Waals surface area contributed by atoms with Crippen LogP contribution in [0.3, 0.4) is 0 Å². The van der Waals surface area contributed by atoms with Gasteiger partial charge in [0.15, 0.2) is 0 Å². The molecule has 1 saturated carbocycles. The molecular formula is C9H11ClFN. The van der Waals surface area contributed by atoms with Crippen molar-refractivity contribution in [1.82, 2.24) is 0 Å². The molecule has 0 spiro atoms. The van der Waals surface area contributed by atoms with Gasteiger partial charge in [0.05, 0.1) is 0 Å². The average Bonchev–Trinajstić information content (AvgIpc) is 2.68. The lowest BCUT2D eigenvalue weighted by atomic mass is 10.1. The van der Waals surface area contributed by atoms with Crippen molar-refractivity contribution in [1.29, 1.82) is 0 Å². The summed E-state index contributed by atoms with van der Waals surface area (Å²) in [4.78, 5) is 0. The predicted molar refractivity (Wildman–Crippen MR) is 49.0 cm³/mol. The first kappa shape index (κ1) is 9.49. The maximum atomic E-state index is 13.0. The zero-order chi connectivity index (χ0) is 7.84. The van der Waals surface area contributed by atoms with Crippen LogP contribution < -0.4 is 5.73 Å². The molecule has 0 aliphatic heterocycles. The molecular weight excluding hydrogens is 177 g/mol. The van der Waals surface area contributed by atoms with E-state index in [0.29, 0.717) is 0 Å². The van der Waals surface area contributed by atoms with E-state index in [2.05, 4.69) is 0 Å². The van der Waals surface area contributed by atoms with E-state index in [-0.39, 0.29) is 30.2 Å². The Hall–Kier alpha value is -0.600. The second-order valence-corrected chi connectivity index (χ2v) is 3.03. The zero-order valence-corrected chi connectivity index (χ0v) is 7.35. The summed E-state index contributed by atoms with van der Waals surface area (Å²) in [6, 6.07) is 7.04. The van der Waals surface area contributed by atoms with Crippen LogP contribution in [0.1, 0.15) is 17.9 Å². The minimum Gasteiger partial charge on any atom is -0.327 e. The van der Waals surface area contributed by atoms with E-state index < -0.39 is 0 Å². The van der Waals surface area contributed by atoms with Gasteiger partial charge in [0.25, 0.3) is 0 Å². The van der Waals surface area contributed by atoms with Gasteiger partial charge in [0, 0.05) is 12.0 Å². The molecule has 1 aliphatic carbocycles. The number of benzene rings is 1. The van der Waals surface area contributed by atoms with Gasteiger partial charge in [0.1, 0.15) is 5.82 Å². The maximum absolute atomic E-state index is 13.0. The van der Waals surface area contributed by atoms with Gasteiger partial charge in [-0.3, -0.25) is 0 Å². The Morgan fingerprint density at radius 3 is 2.42 bits per heavy atom. The monoisotopic (exact) mass is 187 g/mol. The number of rotatable bonds is 1. The Kier molecular flexibility index (Phi) is 2.70. The van der Waals surface area contributed by atoms with Crippen LogP contribution in [-0.2, 0) is 0 Å². The van der Waals surface area contributed by atoms with Crippen molar-refractivity contribution in [2.24, 2.45) is 5.73 Å². The quantitative estimate of drug-likeness (QED) is 0.716. The molecule has 0 heterocycles. The van der Waals surface area contributed by atoms with Crippen LogP contribution in [0.25, 0.3) is 0 Å². The summed E-state index contributed by atoms with van der Waals surface area (Å²) in [5.74, 6) is 0.154. The molecule has 2 atom stereocenters. The van der Waals surface area contributed by atoms with Gasteiger partial charge in [-0.05, 0) is 18.1 Å². The van der Waals surface area contributed by atoms with Crippen LogP contribution in [0.5, 0.6) is 0 Å². The highest BCUT2D eigenvalue weighted by Crippen LogP contribution is 2.39. The third-order valence-corrected chi connectivity index (χ3v) is 2.14. The lowest BCUT2D eigenvalue weighted by Crippen LogP contribution is -2.01.